The van der Waals surface area contributed by atoms with Gasteiger partial charge in [0.2, 0.25) is 23.6 Å². The fourth-order valence-electron chi connectivity index (χ4n) is 9.62. The van der Waals surface area contributed by atoms with Crippen LogP contribution in [0.5, 0.6) is 0 Å². The minimum Gasteiger partial charge on any atom is -0.456 e. The van der Waals surface area contributed by atoms with Crippen LogP contribution in [-0.4, -0.2) is 64.4 Å². The first-order chi connectivity index (χ1) is 20.7. The molecule has 4 amide bonds. The Morgan fingerprint density at radius 3 is 1.84 bits per heavy atom. The number of esters is 1. The minimum absolute atomic E-state index is 0.0591. The van der Waals surface area contributed by atoms with Gasteiger partial charge in [-0.1, -0.05) is 12.1 Å². The number of nitrogens with zero attached hydrogens (tertiary/aromatic N) is 2. The molecule has 228 valence electrons. The number of hydrogen-bond donors (Lipinski definition) is 0. The number of ether oxygens (including phenoxy) is 1. The smallest absolute Gasteiger partial charge is 0.329 e. The Kier molecular flexibility index (Phi) is 7.05. The fourth-order valence-corrected chi connectivity index (χ4v) is 9.62. The van der Waals surface area contributed by atoms with Crippen molar-refractivity contribution < 1.29 is 33.5 Å². The van der Waals surface area contributed by atoms with Crippen molar-refractivity contribution in [3.8, 4) is 0 Å². The van der Waals surface area contributed by atoms with Gasteiger partial charge in [-0.15, -0.1) is 0 Å². The molecule has 6 aliphatic rings. The fraction of sp³-hybridized carbons (Fsp3) is 0.647. The van der Waals surface area contributed by atoms with Crippen LogP contribution in [0.15, 0.2) is 18.2 Å². The molecule has 0 spiro atoms. The average Bonchev–Trinajstić information content (AvgIpc) is 3.84. The number of amides is 4. The predicted octanol–water partition coefficient (Wildman–Crippen LogP) is 3.63. The largest absolute Gasteiger partial charge is 0.456 e. The molecule has 2 saturated heterocycles. The number of aryl methyl sites for hydroxylation is 2. The number of unbranched alkanes of at least 4 members (excludes halogenated alkanes) is 1. The molecular formula is C34H40N2O7. The molecule has 9 nitrogen and oxygen atoms in total. The summed E-state index contributed by atoms with van der Waals surface area (Å²) in [6.07, 6.45) is 6.83. The number of Topliss-reactive ketones (excluding diaryl/α,β-unsaturated/α-hetero) is 1. The maximum atomic E-state index is 13.6. The molecule has 4 saturated carbocycles. The topological polar surface area (TPSA) is 118 Å². The number of hydrogen-bond acceptors (Lipinski definition) is 7. The third-order valence-corrected chi connectivity index (χ3v) is 11.8. The van der Waals surface area contributed by atoms with E-state index in [2.05, 4.69) is 0 Å². The molecule has 4 bridgehead atoms. The molecule has 4 aliphatic carbocycles. The Hall–Kier alpha value is -3.36. The van der Waals surface area contributed by atoms with Gasteiger partial charge in [-0.25, -0.2) is 4.79 Å². The normalized spacial score (nSPS) is 34.4. The minimum atomic E-state index is -1.13. The number of imide groups is 2. The van der Waals surface area contributed by atoms with Crippen molar-refractivity contribution in [3.63, 3.8) is 0 Å². The lowest BCUT2D eigenvalue weighted by Crippen LogP contribution is -2.47. The summed E-state index contributed by atoms with van der Waals surface area (Å²) >= 11 is 0. The van der Waals surface area contributed by atoms with Crippen LogP contribution >= 0.6 is 0 Å². The SMILES string of the molecule is Cc1ccc(C(=O)COC(=O)[C@H](CCCCN2C(=O)[C@@H]3[C@H]4CC[C@@H](C4)[C@@H]3C2=O)N2C(=O)[C@@H]3[C@H]4CC[C@@H](C4)[C@H]3C2=O)cc1C. The van der Waals surface area contributed by atoms with Crippen molar-refractivity contribution in [3.05, 3.63) is 34.9 Å². The quantitative estimate of drug-likeness (QED) is 0.177. The average molecular weight is 589 g/mol. The van der Waals surface area contributed by atoms with E-state index in [9.17, 15) is 28.8 Å². The summed E-state index contributed by atoms with van der Waals surface area (Å²) < 4.78 is 5.48. The maximum absolute atomic E-state index is 13.6. The molecule has 9 atom stereocenters. The Morgan fingerprint density at radius 1 is 0.767 bits per heavy atom. The number of rotatable bonds is 10. The van der Waals surface area contributed by atoms with Gasteiger partial charge in [-0.2, -0.15) is 0 Å². The molecule has 2 heterocycles. The van der Waals surface area contributed by atoms with Crippen LogP contribution < -0.4 is 0 Å². The van der Waals surface area contributed by atoms with Crippen LogP contribution in [0, 0.1) is 61.2 Å². The van der Waals surface area contributed by atoms with E-state index in [-0.39, 0.29) is 77.9 Å². The van der Waals surface area contributed by atoms with Crippen LogP contribution in [0.25, 0.3) is 0 Å². The third-order valence-electron chi connectivity index (χ3n) is 11.8. The van der Waals surface area contributed by atoms with Gasteiger partial charge in [-0.05, 0) is 112 Å². The highest BCUT2D eigenvalue weighted by molar-refractivity contribution is 6.09. The van der Waals surface area contributed by atoms with E-state index >= 15 is 0 Å². The summed E-state index contributed by atoms with van der Waals surface area (Å²) in [5.41, 5.74) is 2.44. The van der Waals surface area contributed by atoms with Crippen LogP contribution in [0.4, 0.5) is 0 Å². The predicted molar refractivity (Wildman–Crippen MR) is 153 cm³/mol. The monoisotopic (exact) mass is 588 g/mol. The molecular weight excluding hydrogens is 548 g/mol. The molecule has 1 aromatic carbocycles. The van der Waals surface area contributed by atoms with Crippen molar-refractivity contribution in [2.75, 3.05) is 13.2 Å². The van der Waals surface area contributed by atoms with E-state index in [4.69, 9.17) is 4.74 Å². The summed E-state index contributed by atoms with van der Waals surface area (Å²) in [7, 11) is 0. The Morgan fingerprint density at radius 2 is 1.30 bits per heavy atom. The number of ketones is 1. The van der Waals surface area contributed by atoms with Gasteiger partial charge in [0.1, 0.15) is 6.04 Å². The number of carbonyl (C=O) groups excluding carboxylic acids is 6. The summed E-state index contributed by atoms with van der Waals surface area (Å²) in [6, 6.07) is 4.17. The summed E-state index contributed by atoms with van der Waals surface area (Å²) in [5, 5.41) is 0. The van der Waals surface area contributed by atoms with Crippen molar-refractivity contribution in [1.29, 1.82) is 0 Å². The Bertz CT molecular complexity index is 1360. The first-order valence-electron chi connectivity index (χ1n) is 16.1. The van der Waals surface area contributed by atoms with Crippen LogP contribution in [0.2, 0.25) is 0 Å². The standard InChI is InChI=1S/C34H40N2O7/c1-17-6-7-19(13-18(17)2)25(37)16-43-34(42)24(36-32(40)28-22-10-11-23(15-22)29(28)33(36)41)5-3-4-12-35-30(38)26-20-8-9-21(14-20)27(26)31(35)39/h6-7,13,20-24,26-29H,3-5,8-12,14-16H2,1-2H3/t20-,21-,22-,23-,24-,26-,27+,28+,29+/m0/s1. The molecule has 2 aliphatic heterocycles. The molecule has 0 N–H and O–H groups in total. The Balaban J connectivity index is 1.02. The van der Waals surface area contributed by atoms with E-state index in [0.717, 1.165) is 54.6 Å². The van der Waals surface area contributed by atoms with E-state index in [0.29, 0.717) is 30.2 Å². The second-order valence-corrected chi connectivity index (χ2v) is 14.0. The van der Waals surface area contributed by atoms with Gasteiger partial charge < -0.3 is 4.74 Å². The lowest BCUT2D eigenvalue weighted by molar-refractivity contribution is -0.159. The van der Waals surface area contributed by atoms with E-state index in [1.807, 2.05) is 19.9 Å². The van der Waals surface area contributed by atoms with Crippen molar-refractivity contribution >= 4 is 35.4 Å². The number of likely N-dealkylation sites (tertiary alicyclic amines) is 2. The first-order valence-corrected chi connectivity index (χ1v) is 16.1. The zero-order valence-corrected chi connectivity index (χ0v) is 25.0. The van der Waals surface area contributed by atoms with E-state index in [1.165, 1.54) is 4.90 Å². The van der Waals surface area contributed by atoms with Gasteiger partial charge in [0.25, 0.3) is 0 Å². The summed E-state index contributed by atoms with van der Waals surface area (Å²) in [4.78, 5) is 82.3. The lowest BCUT2D eigenvalue weighted by atomic mass is 9.81. The number of fused-ring (bicyclic) bond motifs is 10. The molecule has 0 unspecified atom stereocenters. The second-order valence-electron chi connectivity index (χ2n) is 14.0. The highest BCUT2D eigenvalue weighted by atomic mass is 16.5. The summed E-state index contributed by atoms with van der Waals surface area (Å²) in [6.45, 7) is 3.65. The third kappa shape index (κ3) is 4.48. The van der Waals surface area contributed by atoms with Gasteiger partial charge >= 0.3 is 5.97 Å². The second kappa shape index (κ2) is 10.7. The lowest BCUT2D eigenvalue weighted by Gasteiger charge is -2.26. The number of carbonyl (C=O) groups is 6. The maximum Gasteiger partial charge on any atom is 0.329 e. The zero-order chi connectivity index (χ0) is 30.2. The molecule has 43 heavy (non-hydrogen) atoms. The highest BCUT2D eigenvalue weighted by Gasteiger charge is 2.63. The van der Waals surface area contributed by atoms with Crippen molar-refractivity contribution in [2.24, 2.45) is 47.3 Å². The van der Waals surface area contributed by atoms with E-state index < -0.39 is 18.6 Å². The summed E-state index contributed by atoms with van der Waals surface area (Å²) in [5.74, 6) is -1.88. The van der Waals surface area contributed by atoms with Crippen LogP contribution in [0.3, 0.4) is 0 Å². The van der Waals surface area contributed by atoms with Gasteiger partial charge in [0, 0.05) is 12.1 Å². The van der Waals surface area contributed by atoms with Gasteiger partial charge in [-0.3, -0.25) is 33.8 Å². The zero-order valence-electron chi connectivity index (χ0n) is 25.0. The van der Waals surface area contributed by atoms with Crippen molar-refractivity contribution in [2.45, 2.75) is 77.7 Å². The van der Waals surface area contributed by atoms with Crippen LogP contribution in [0.1, 0.15) is 79.3 Å². The van der Waals surface area contributed by atoms with Gasteiger partial charge in [0.15, 0.2) is 12.4 Å². The van der Waals surface area contributed by atoms with E-state index in [1.54, 1.807) is 12.1 Å². The molecule has 0 aromatic heterocycles. The van der Waals surface area contributed by atoms with Gasteiger partial charge in [0.05, 0.1) is 23.7 Å². The number of benzene rings is 1. The van der Waals surface area contributed by atoms with Crippen LogP contribution in [-0.2, 0) is 28.7 Å². The highest BCUT2D eigenvalue weighted by Crippen LogP contribution is 2.57. The Labute approximate surface area is 251 Å². The molecule has 6 fully saturated rings. The first kappa shape index (κ1) is 28.4. The molecule has 9 heteroatoms. The molecule has 7 rings (SSSR count). The van der Waals surface area contributed by atoms with Crippen molar-refractivity contribution in [1.82, 2.24) is 9.80 Å². The molecule has 0 radical (unpaired) electrons. The molecule has 1 aromatic rings.